The Bertz CT molecular complexity index is 892. The van der Waals surface area contributed by atoms with Crippen LogP contribution < -0.4 is 10.6 Å². The van der Waals surface area contributed by atoms with Crippen molar-refractivity contribution in [2.24, 2.45) is 0 Å². The summed E-state index contributed by atoms with van der Waals surface area (Å²) < 4.78 is 9.87. The zero-order valence-electron chi connectivity index (χ0n) is 13.9. The summed E-state index contributed by atoms with van der Waals surface area (Å²) in [6, 6.07) is 13.3. The quantitative estimate of drug-likeness (QED) is 0.657. The monoisotopic (exact) mass is 352 g/mol. The van der Waals surface area contributed by atoms with Gasteiger partial charge < -0.3 is 19.8 Å². The number of nitrogens with zero attached hydrogens (tertiary/aromatic N) is 2. The number of rotatable bonds is 6. The predicted molar refractivity (Wildman–Crippen MR) is 93.8 cm³/mol. The number of carbonyl (C=O) groups is 2. The lowest BCUT2D eigenvalue weighted by molar-refractivity contribution is 0.0600. The van der Waals surface area contributed by atoms with Crippen LogP contribution in [0.25, 0.3) is 0 Å². The SMILES string of the molecule is COC(=O)c1cccc(NC(=O)c2ccc(NCc3ccco3)nn2)c1. The van der Waals surface area contributed by atoms with E-state index in [1.807, 2.05) is 6.07 Å². The van der Waals surface area contributed by atoms with Crippen LogP contribution in [0.1, 0.15) is 26.6 Å². The van der Waals surface area contributed by atoms with Gasteiger partial charge in [-0.05, 0) is 42.5 Å². The van der Waals surface area contributed by atoms with E-state index in [0.717, 1.165) is 5.76 Å². The van der Waals surface area contributed by atoms with Crippen LogP contribution in [0.5, 0.6) is 0 Å². The molecule has 2 N–H and O–H groups in total. The molecule has 132 valence electrons. The number of ether oxygens (including phenoxy) is 1. The third-order valence-corrected chi connectivity index (χ3v) is 3.46. The number of carbonyl (C=O) groups excluding carboxylic acids is 2. The van der Waals surface area contributed by atoms with E-state index in [2.05, 4.69) is 25.6 Å². The summed E-state index contributed by atoms with van der Waals surface area (Å²) in [6.07, 6.45) is 1.59. The summed E-state index contributed by atoms with van der Waals surface area (Å²) in [5.41, 5.74) is 0.950. The molecule has 0 aliphatic carbocycles. The first-order valence-electron chi connectivity index (χ1n) is 7.75. The van der Waals surface area contributed by atoms with Gasteiger partial charge in [-0.1, -0.05) is 6.07 Å². The molecule has 1 aromatic carbocycles. The lowest BCUT2D eigenvalue weighted by atomic mass is 10.2. The van der Waals surface area contributed by atoms with E-state index >= 15 is 0 Å². The van der Waals surface area contributed by atoms with E-state index in [4.69, 9.17) is 4.42 Å². The van der Waals surface area contributed by atoms with Crippen LogP contribution in [0.15, 0.2) is 59.2 Å². The van der Waals surface area contributed by atoms with Crippen LogP contribution in [0, 0.1) is 0 Å². The van der Waals surface area contributed by atoms with E-state index in [-0.39, 0.29) is 5.69 Å². The maximum absolute atomic E-state index is 12.3. The zero-order valence-corrected chi connectivity index (χ0v) is 13.9. The minimum Gasteiger partial charge on any atom is -0.467 e. The third-order valence-electron chi connectivity index (χ3n) is 3.46. The predicted octanol–water partition coefficient (Wildman–Crippen LogP) is 2.72. The van der Waals surface area contributed by atoms with Gasteiger partial charge in [0, 0.05) is 5.69 Å². The molecular formula is C18H16N4O4. The average Bonchev–Trinajstić information content (AvgIpc) is 3.20. The minimum absolute atomic E-state index is 0.150. The fourth-order valence-corrected chi connectivity index (χ4v) is 2.18. The second-order valence-electron chi connectivity index (χ2n) is 5.26. The van der Waals surface area contributed by atoms with Gasteiger partial charge in [-0.2, -0.15) is 0 Å². The minimum atomic E-state index is -0.479. The van der Waals surface area contributed by atoms with Crippen LogP contribution in [-0.2, 0) is 11.3 Å². The van der Waals surface area contributed by atoms with Gasteiger partial charge >= 0.3 is 5.97 Å². The number of aromatic nitrogens is 2. The highest BCUT2D eigenvalue weighted by Crippen LogP contribution is 2.13. The van der Waals surface area contributed by atoms with Crippen molar-refractivity contribution in [2.45, 2.75) is 6.54 Å². The first kappa shape index (κ1) is 17.2. The molecule has 0 saturated heterocycles. The Kier molecular flexibility index (Phi) is 5.23. The topological polar surface area (TPSA) is 106 Å². The summed E-state index contributed by atoms with van der Waals surface area (Å²) in [6.45, 7) is 0.466. The molecule has 0 atom stereocenters. The van der Waals surface area contributed by atoms with Crippen LogP contribution in [0.3, 0.4) is 0 Å². The Morgan fingerprint density at radius 2 is 2.00 bits per heavy atom. The van der Waals surface area contributed by atoms with Crippen molar-refractivity contribution in [3.05, 3.63) is 71.8 Å². The van der Waals surface area contributed by atoms with Crippen molar-refractivity contribution in [3.8, 4) is 0 Å². The van der Waals surface area contributed by atoms with Gasteiger partial charge in [0.25, 0.3) is 5.91 Å². The van der Waals surface area contributed by atoms with E-state index in [1.54, 1.807) is 42.7 Å². The molecule has 2 heterocycles. The standard InChI is InChI=1S/C18H16N4O4/c1-25-18(24)12-4-2-5-13(10-12)20-17(23)15-7-8-16(22-21-15)19-11-14-6-3-9-26-14/h2-10H,11H2,1H3,(H,19,22)(H,20,23). The number of anilines is 2. The molecule has 0 bridgehead atoms. The van der Waals surface area contributed by atoms with Crippen molar-refractivity contribution in [3.63, 3.8) is 0 Å². The Balaban J connectivity index is 1.62. The zero-order chi connectivity index (χ0) is 18.4. The van der Waals surface area contributed by atoms with Crippen LogP contribution in [-0.4, -0.2) is 29.2 Å². The molecule has 26 heavy (non-hydrogen) atoms. The fourth-order valence-electron chi connectivity index (χ4n) is 2.18. The van der Waals surface area contributed by atoms with Crippen LogP contribution in [0.4, 0.5) is 11.5 Å². The molecule has 0 unspecified atom stereocenters. The van der Waals surface area contributed by atoms with Gasteiger partial charge in [-0.15, -0.1) is 10.2 Å². The normalized spacial score (nSPS) is 10.2. The highest BCUT2D eigenvalue weighted by atomic mass is 16.5. The van der Waals surface area contributed by atoms with Crippen molar-refractivity contribution >= 4 is 23.4 Å². The van der Waals surface area contributed by atoms with E-state index in [9.17, 15) is 9.59 Å². The second-order valence-corrected chi connectivity index (χ2v) is 5.26. The first-order valence-corrected chi connectivity index (χ1v) is 7.75. The number of nitrogens with one attached hydrogen (secondary N) is 2. The third kappa shape index (κ3) is 4.23. The number of esters is 1. The molecule has 0 radical (unpaired) electrons. The Morgan fingerprint density at radius 3 is 2.69 bits per heavy atom. The van der Waals surface area contributed by atoms with Gasteiger partial charge in [0.05, 0.1) is 25.5 Å². The molecule has 3 rings (SSSR count). The maximum Gasteiger partial charge on any atom is 0.337 e. The number of furan rings is 1. The van der Waals surface area contributed by atoms with Crippen molar-refractivity contribution in [1.82, 2.24) is 10.2 Å². The molecule has 0 fully saturated rings. The molecule has 1 amide bonds. The molecule has 3 aromatic rings. The number of methoxy groups -OCH3 is 1. The Hall–Kier alpha value is -3.68. The smallest absolute Gasteiger partial charge is 0.337 e. The summed E-state index contributed by atoms with van der Waals surface area (Å²) in [4.78, 5) is 23.8. The number of amides is 1. The largest absolute Gasteiger partial charge is 0.467 e. The molecule has 0 spiro atoms. The number of hydrogen-bond acceptors (Lipinski definition) is 7. The Morgan fingerprint density at radius 1 is 1.12 bits per heavy atom. The van der Waals surface area contributed by atoms with Crippen LogP contribution >= 0.6 is 0 Å². The highest BCUT2D eigenvalue weighted by Gasteiger charge is 2.11. The van der Waals surface area contributed by atoms with E-state index in [1.165, 1.54) is 13.2 Å². The molecule has 2 aromatic heterocycles. The highest BCUT2D eigenvalue weighted by molar-refractivity contribution is 6.03. The van der Waals surface area contributed by atoms with E-state index < -0.39 is 11.9 Å². The fraction of sp³-hybridized carbons (Fsp3) is 0.111. The summed E-state index contributed by atoms with van der Waals surface area (Å²) in [7, 11) is 1.30. The summed E-state index contributed by atoms with van der Waals surface area (Å²) >= 11 is 0. The Labute approximate surface area is 149 Å². The van der Waals surface area contributed by atoms with Crippen molar-refractivity contribution in [1.29, 1.82) is 0 Å². The summed E-state index contributed by atoms with van der Waals surface area (Å²) in [5.74, 6) is 0.370. The first-order chi connectivity index (χ1) is 12.7. The molecule has 0 aliphatic heterocycles. The van der Waals surface area contributed by atoms with E-state index in [0.29, 0.717) is 23.6 Å². The van der Waals surface area contributed by atoms with Gasteiger partial charge in [-0.25, -0.2) is 4.79 Å². The van der Waals surface area contributed by atoms with Crippen molar-refractivity contribution in [2.75, 3.05) is 17.7 Å². The molecular weight excluding hydrogens is 336 g/mol. The van der Waals surface area contributed by atoms with Gasteiger partial charge in [0.2, 0.25) is 0 Å². The van der Waals surface area contributed by atoms with Gasteiger partial charge in [0.1, 0.15) is 11.6 Å². The maximum atomic E-state index is 12.3. The number of hydrogen-bond donors (Lipinski definition) is 2. The molecule has 8 nitrogen and oxygen atoms in total. The van der Waals surface area contributed by atoms with Crippen LogP contribution in [0.2, 0.25) is 0 Å². The molecule has 8 heteroatoms. The van der Waals surface area contributed by atoms with Gasteiger partial charge in [0.15, 0.2) is 5.69 Å². The lowest BCUT2D eigenvalue weighted by Gasteiger charge is -2.07. The molecule has 0 saturated carbocycles. The second kappa shape index (κ2) is 7.93. The van der Waals surface area contributed by atoms with Gasteiger partial charge in [-0.3, -0.25) is 4.79 Å². The summed E-state index contributed by atoms with van der Waals surface area (Å²) in [5, 5.41) is 13.6. The number of benzene rings is 1. The average molecular weight is 352 g/mol. The molecule has 0 aliphatic rings. The lowest BCUT2D eigenvalue weighted by Crippen LogP contribution is -2.15. The van der Waals surface area contributed by atoms with Crippen molar-refractivity contribution < 1.29 is 18.7 Å².